The molecule has 1 nitrogen and oxygen atoms in total. The number of rotatable bonds is 10. The number of hydrogen-bond acceptors (Lipinski definition) is 1. The molecule has 0 amide bonds. The summed E-state index contributed by atoms with van der Waals surface area (Å²) in [4.78, 5) is 0. The van der Waals surface area contributed by atoms with E-state index in [0.29, 0.717) is 6.04 Å². The maximum atomic E-state index is 3.65. The van der Waals surface area contributed by atoms with Crippen LogP contribution in [0, 0.1) is 6.92 Å². The highest BCUT2D eigenvalue weighted by molar-refractivity contribution is 9.10. The van der Waals surface area contributed by atoms with Crippen molar-refractivity contribution in [3.63, 3.8) is 0 Å². The topological polar surface area (TPSA) is 12.0 Å². The number of benzene rings is 1. The Hall–Kier alpha value is -0.340. The van der Waals surface area contributed by atoms with Crippen LogP contribution in [-0.4, -0.2) is 6.54 Å². The fourth-order valence-corrected chi connectivity index (χ4v) is 3.11. The van der Waals surface area contributed by atoms with Gasteiger partial charge < -0.3 is 5.32 Å². The summed E-state index contributed by atoms with van der Waals surface area (Å²) in [6, 6.07) is 7.13. The van der Waals surface area contributed by atoms with Crippen LogP contribution in [0.5, 0.6) is 0 Å². The maximum absolute atomic E-state index is 3.65. The third-order valence-corrected chi connectivity index (χ3v) is 4.41. The minimum atomic E-state index is 0.503. The van der Waals surface area contributed by atoms with E-state index in [1.54, 1.807) is 0 Å². The normalized spacial score (nSPS) is 12.6. The lowest BCUT2D eigenvalue weighted by atomic mass is 9.96. The molecule has 1 rings (SSSR count). The molecule has 0 bridgehead atoms. The summed E-state index contributed by atoms with van der Waals surface area (Å²) in [5.74, 6) is 0. The van der Waals surface area contributed by atoms with E-state index in [1.807, 2.05) is 0 Å². The summed E-state index contributed by atoms with van der Waals surface area (Å²) in [6.07, 6.45) is 9.46. The molecular formula is C18H30BrN. The molecule has 0 aliphatic heterocycles. The Balaban J connectivity index is 2.49. The van der Waals surface area contributed by atoms with E-state index < -0.39 is 0 Å². The smallest absolute Gasteiger partial charge is 0.0323 e. The lowest BCUT2D eigenvalue weighted by Gasteiger charge is -2.21. The standard InChI is InChI=1S/C18H30BrN/c1-4-6-7-8-9-10-11-18(20-5-2)17-14-16(19)13-12-15(17)3/h12-14,18,20H,4-11H2,1-3H3. The van der Waals surface area contributed by atoms with E-state index >= 15 is 0 Å². The largest absolute Gasteiger partial charge is 0.310 e. The highest BCUT2D eigenvalue weighted by Gasteiger charge is 2.12. The zero-order valence-electron chi connectivity index (χ0n) is 13.3. The summed E-state index contributed by atoms with van der Waals surface area (Å²) in [5, 5.41) is 3.65. The van der Waals surface area contributed by atoms with Gasteiger partial charge in [-0.2, -0.15) is 0 Å². The molecule has 1 aromatic rings. The van der Waals surface area contributed by atoms with Gasteiger partial charge in [0.15, 0.2) is 0 Å². The minimum absolute atomic E-state index is 0.503. The Morgan fingerprint density at radius 1 is 1.05 bits per heavy atom. The lowest BCUT2D eigenvalue weighted by Crippen LogP contribution is -2.21. The first-order valence-electron chi connectivity index (χ1n) is 8.18. The van der Waals surface area contributed by atoms with Crippen LogP contribution in [0.2, 0.25) is 0 Å². The lowest BCUT2D eigenvalue weighted by molar-refractivity contribution is 0.475. The maximum Gasteiger partial charge on any atom is 0.0323 e. The predicted molar refractivity (Wildman–Crippen MR) is 93.3 cm³/mol. The summed E-state index contributed by atoms with van der Waals surface area (Å²) >= 11 is 3.60. The Morgan fingerprint density at radius 3 is 2.45 bits per heavy atom. The molecule has 0 saturated carbocycles. The molecule has 0 aromatic heterocycles. The van der Waals surface area contributed by atoms with Crippen molar-refractivity contribution in [1.82, 2.24) is 5.32 Å². The molecule has 2 heteroatoms. The second-order valence-corrected chi connectivity index (χ2v) is 6.58. The third-order valence-electron chi connectivity index (χ3n) is 3.91. The summed E-state index contributed by atoms with van der Waals surface area (Å²) in [6.45, 7) is 7.72. The minimum Gasteiger partial charge on any atom is -0.310 e. The average molecular weight is 340 g/mol. The first-order valence-corrected chi connectivity index (χ1v) is 8.97. The highest BCUT2D eigenvalue weighted by Crippen LogP contribution is 2.26. The van der Waals surface area contributed by atoms with E-state index in [2.05, 4.69) is 60.2 Å². The summed E-state index contributed by atoms with van der Waals surface area (Å²) in [5.41, 5.74) is 2.85. The van der Waals surface area contributed by atoms with E-state index in [1.165, 1.54) is 60.5 Å². The van der Waals surface area contributed by atoms with Gasteiger partial charge in [-0.1, -0.05) is 74.4 Å². The van der Waals surface area contributed by atoms with Gasteiger partial charge in [0, 0.05) is 10.5 Å². The second kappa shape index (κ2) is 10.4. The summed E-state index contributed by atoms with van der Waals surface area (Å²) in [7, 11) is 0. The Kier molecular flexibility index (Phi) is 9.21. The molecule has 1 aromatic carbocycles. The van der Waals surface area contributed by atoms with E-state index in [9.17, 15) is 0 Å². The Bertz CT molecular complexity index is 376. The second-order valence-electron chi connectivity index (χ2n) is 5.67. The van der Waals surface area contributed by atoms with Crippen molar-refractivity contribution in [2.75, 3.05) is 6.54 Å². The molecule has 0 fully saturated rings. The number of nitrogens with one attached hydrogen (secondary N) is 1. The molecule has 0 spiro atoms. The van der Waals surface area contributed by atoms with Gasteiger partial charge in [-0.15, -0.1) is 0 Å². The predicted octanol–water partition coefficient (Wildman–Crippen LogP) is 6.16. The van der Waals surface area contributed by atoms with Gasteiger partial charge in [0.2, 0.25) is 0 Å². The molecule has 0 radical (unpaired) electrons. The van der Waals surface area contributed by atoms with Crippen LogP contribution < -0.4 is 5.32 Å². The van der Waals surface area contributed by atoms with Crippen LogP contribution in [0.3, 0.4) is 0 Å². The number of aryl methyl sites for hydroxylation is 1. The fourth-order valence-electron chi connectivity index (χ4n) is 2.73. The van der Waals surface area contributed by atoms with Crippen LogP contribution in [0.25, 0.3) is 0 Å². The van der Waals surface area contributed by atoms with E-state index in [-0.39, 0.29) is 0 Å². The fraction of sp³-hybridized carbons (Fsp3) is 0.667. The molecule has 114 valence electrons. The molecule has 0 heterocycles. The number of hydrogen-bond donors (Lipinski definition) is 1. The van der Waals surface area contributed by atoms with E-state index in [4.69, 9.17) is 0 Å². The molecule has 20 heavy (non-hydrogen) atoms. The van der Waals surface area contributed by atoms with Crippen molar-refractivity contribution < 1.29 is 0 Å². The van der Waals surface area contributed by atoms with Crippen molar-refractivity contribution in [2.24, 2.45) is 0 Å². The van der Waals surface area contributed by atoms with Gasteiger partial charge >= 0.3 is 0 Å². The van der Waals surface area contributed by atoms with Gasteiger partial charge in [-0.3, -0.25) is 0 Å². The van der Waals surface area contributed by atoms with Crippen molar-refractivity contribution in [1.29, 1.82) is 0 Å². The highest BCUT2D eigenvalue weighted by atomic mass is 79.9. The van der Waals surface area contributed by atoms with Crippen LogP contribution in [0.1, 0.15) is 76.0 Å². The quantitative estimate of drug-likeness (QED) is 0.503. The average Bonchev–Trinajstić information content (AvgIpc) is 2.44. The van der Waals surface area contributed by atoms with Crippen LogP contribution >= 0.6 is 15.9 Å². The van der Waals surface area contributed by atoms with Gasteiger partial charge in [-0.25, -0.2) is 0 Å². The third kappa shape index (κ3) is 6.41. The van der Waals surface area contributed by atoms with Crippen molar-refractivity contribution in [3.05, 3.63) is 33.8 Å². The molecule has 1 atom stereocenters. The number of unbranched alkanes of at least 4 members (excludes halogenated alkanes) is 5. The SMILES string of the molecule is CCCCCCCCC(NCC)c1cc(Br)ccc1C. The first-order chi connectivity index (χ1) is 9.69. The zero-order chi connectivity index (χ0) is 14.8. The Labute approximate surface area is 133 Å². The Morgan fingerprint density at radius 2 is 1.75 bits per heavy atom. The first kappa shape index (κ1) is 17.7. The van der Waals surface area contributed by atoms with Crippen molar-refractivity contribution in [3.8, 4) is 0 Å². The van der Waals surface area contributed by atoms with Gasteiger partial charge in [-0.05, 0) is 43.1 Å². The van der Waals surface area contributed by atoms with E-state index in [0.717, 1.165) is 6.54 Å². The van der Waals surface area contributed by atoms with Crippen molar-refractivity contribution in [2.45, 2.75) is 71.8 Å². The molecule has 0 aliphatic carbocycles. The van der Waals surface area contributed by atoms with Crippen LogP contribution in [0.4, 0.5) is 0 Å². The van der Waals surface area contributed by atoms with Gasteiger partial charge in [0.1, 0.15) is 0 Å². The molecule has 0 aliphatic rings. The zero-order valence-corrected chi connectivity index (χ0v) is 14.9. The molecule has 0 saturated heterocycles. The number of halogens is 1. The molecule has 1 N–H and O–H groups in total. The van der Waals surface area contributed by atoms with Gasteiger partial charge in [0.25, 0.3) is 0 Å². The monoisotopic (exact) mass is 339 g/mol. The van der Waals surface area contributed by atoms with Crippen LogP contribution in [-0.2, 0) is 0 Å². The summed E-state index contributed by atoms with van der Waals surface area (Å²) < 4.78 is 1.18. The van der Waals surface area contributed by atoms with Gasteiger partial charge in [0.05, 0.1) is 0 Å². The van der Waals surface area contributed by atoms with Crippen LogP contribution in [0.15, 0.2) is 22.7 Å². The van der Waals surface area contributed by atoms with Crippen molar-refractivity contribution >= 4 is 15.9 Å². The molecule has 1 unspecified atom stereocenters. The molecular weight excluding hydrogens is 310 g/mol.